The molecule has 1 rings (SSSR count). The number of ether oxygens (including phenoxy) is 1. The van der Waals surface area contributed by atoms with E-state index in [0.29, 0.717) is 5.75 Å². The van der Waals surface area contributed by atoms with Crippen LogP contribution in [0.25, 0.3) is 0 Å². The van der Waals surface area contributed by atoms with Crippen molar-refractivity contribution in [3.05, 3.63) is 41.3 Å². The number of para-hydroxylation sites is 1. The van der Waals surface area contributed by atoms with E-state index in [9.17, 15) is 4.39 Å². The van der Waals surface area contributed by atoms with Gasteiger partial charge in [-0.1, -0.05) is 34.1 Å². The quantitative estimate of drug-likeness (QED) is 0.691. The van der Waals surface area contributed by atoms with E-state index in [0.717, 1.165) is 4.99 Å². The minimum atomic E-state index is -0.656. The van der Waals surface area contributed by atoms with Crippen LogP contribution < -0.4 is 4.74 Å². The van der Waals surface area contributed by atoms with E-state index in [4.69, 9.17) is 4.74 Å². The third-order valence-electron chi connectivity index (χ3n) is 1.04. The van der Waals surface area contributed by atoms with Crippen molar-refractivity contribution in [1.82, 2.24) is 0 Å². The summed E-state index contributed by atoms with van der Waals surface area (Å²) in [7, 11) is 0. The molecule has 1 aromatic rings. The molecule has 58 valence electrons. The molecule has 11 heavy (non-hydrogen) atoms. The maximum Gasteiger partial charge on any atom is 0.285 e. The molecule has 0 spiro atoms. The molecule has 0 aliphatic carbocycles. The van der Waals surface area contributed by atoms with E-state index in [2.05, 4.69) is 15.9 Å². The molecule has 0 radical (unpaired) electrons. The van der Waals surface area contributed by atoms with Crippen molar-refractivity contribution < 1.29 is 9.13 Å². The highest BCUT2D eigenvalue weighted by Gasteiger charge is 1.94. The maximum absolute atomic E-state index is 12.4. The van der Waals surface area contributed by atoms with Crippen LogP contribution in [0.3, 0.4) is 0 Å². The van der Waals surface area contributed by atoms with Crippen LogP contribution in [0.2, 0.25) is 0 Å². The molecule has 0 bridgehead atoms. The Balaban J connectivity index is 2.65. The molecule has 3 heteroatoms. The molecule has 0 saturated heterocycles. The van der Waals surface area contributed by atoms with Crippen molar-refractivity contribution in [2.75, 3.05) is 0 Å². The molecule has 0 saturated carbocycles. The zero-order valence-electron chi connectivity index (χ0n) is 5.63. The van der Waals surface area contributed by atoms with Gasteiger partial charge in [-0.3, -0.25) is 0 Å². The Hall–Kier alpha value is -0.830. The second-order valence-electron chi connectivity index (χ2n) is 1.83. The van der Waals surface area contributed by atoms with Gasteiger partial charge in [0.25, 0.3) is 6.01 Å². The minimum absolute atomic E-state index is 0.487. The van der Waals surface area contributed by atoms with Crippen LogP contribution in [0.1, 0.15) is 0 Å². The summed E-state index contributed by atoms with van der Waals surface area (Å²) >= 11 is 2.81. The van der Waals surface area contributed by atoms with Gasteiger partial charge in [-0.25, -0.2) is 0 Å². The lowest BCUT2D eigenvalue weighted by atomic mass is 10.3. The van der Waals surface area contributed by atoms with Crippen LogP contribution in [-0.2, 0) is 0 Å². The lowest BCUT2D eigenvalue weighted by Gasteiger charge is -1.99. The highest BCUT2D eigenvalue weighted by Crippen LogP contribution is 2.13. The van der Waals surface area contributed by atoms with Crippen molar-refractivity contribution in [2.45, 2.75) is 0 Å². The topological polar surface area (TPSA) is 9.23 Å². The van der Waals surface area contributed by atoms with E-state index in [1.165, 1.54) is 0 Å². The lowest BCUT2D eigenvalue weighted by molar-refractivity contribution is 0.304. The fourth-order valence-corrected chi connectivity index (χ4v) is 0.717. The van der Waals surface area contributed by atoms with Crippen LogP contribution >= 0.6 is 15.9 Å². The zero-order chi connectivity index (χ0) is 8.10. The Morgan fingerprint density at radius 1 is 1.36 bits per heavy atom. The number of hydrogen-bond donors (Lipinski definition) is 0. The Morgan fingerprint density at radius 2 is 2.00 bits per heavy atom. The van der Waals surface area contributed by atoms with Crippen LogP contribution in [0, 0.1) is 0 Å². The van der Waals surface area contributed by atoms with Gasteiger partial charge in [-0.05, 0) is 12.1 Å². The van der Waals surface area contributed by atoms with Gasteiger partial charge in [-0.15, -0.1) is 0 Å². The number of benzene rings is 1. The van der Waals surface area contributed by atoms with Gasteiger partial charge in [-0.2, -0.15) is 4.39 Å². The van der Waals surface area contributed by atoms with Gasteiger partial charge in [0, 0.05) is 0 Å². The second kappa shape index (κ2) is 4.13. The monoisotopic (exact) mass is 216 g/mol. The molecule has 1 aromatic carbocycles. The minimum Gasteiger partial charge on any atom is -0.431 e. The molecular weight excluding hydrogens is 211 g/mol. The zero-order valence-corrected chi connectivity index (χ0v) is 7.21. The van der Waals surface area contributed by atoms with Crippen LogP contribution in [0.4, 0.5) is 4.39 Å². The number of halogens is 2. The highest BCUT2D eigenvalue weighted by atomic mass is 79.9. The Bertz CT molecular complexity index is 246. The molecule has 0 fully saturated rings. The molecular formula is C8H6BrFO. The summed E-state index contributed by atoms with van der Waals surface area (Å²) in [6.45, 7) is 0. The van der Waals surface area contributed by atoms with E-state index in [1.54, 1.807) is 24.3 Å². The summed E-state index contributed by atoms with van der Waals surface area (Å²) in [5.41, 5.74) is 0. The average Bonchev–Trinajstić information content (AvgIpc) is 2.06. The van der Waals surface area contributed by atoms with Gasteiger partial charge < -0.3 is 4.74 Å². The summed E-state index contributed by atoms with van der Waals surface area (Å²) < 4.78 is 17.1. The van der Waals surface area contributed by atoms with Crippen molar-refractivity contribution in [3.63, 3.8) is 0 Å². The predicted molar refractivity (Wildman–Crippen MR) is 45.2 cm³/mol. The van der Waals surface area contributed by atoms with Crippen molar-refractivity contribution in [3.8, 4) is 5.75 Å². The van der Waals surface area contributed by atoms with Gasteiger partial charge in [0.05, 0.1) is 4.99 Å². The van der Waals surface area contributed by atoms with E-state index in [1.807, 2.05) is 6.07 Å². The standard InChI is InChI=1S/C8H6BrFO/c9-6-8(10)11-7-4-2-1-3-5-7/h1-6H. The second-order valence-corrected chi connectivity index (χ2v) is 2.29. The first-order chi connectivity index (χ1) is 5.33. The van der Waals surface area contributed by atoms with Crippen LogP contribution in [0.5, 0.6) is 5.75 Å². The molecule has 0 N–H and O–H groups in total. The SMILES string of the molecule is FC(=CBr)Oc1ccccc1. The molecule has 0 aliphatic heterocycles. The highest BCUT2D eigenvalue weighted by molar-refractivity contribution is 9.11. The first kappa shape index (κ1) is 8.27. The summed E-state index contributed by atoms with van der Waals surface area (Å²) in [6.07, 6.45) is 0. The molecule has 0 unspecified atom stereocenters. The Labute approximate surface area is 72.6 Å². The fourth-order valence-electron chi connectivity index (χ4n) is 0.623. The number of hydrogen-bond acceptors (Lipinski definition) is 1. The van der Waals surface area contributed by atoms with E-state index in [-0.39, 0.29) is 0 Å². The van der Waals surface area contributed by atoms with Gasteiger partial charge in [0.1, 0.15) is 5.75 Å². The molecule has 0 atom stereocenters. The summed E-state index contributed by atoms with van der Waals surface area (Å²) in [5, 5.41) is 0. The van der Waals surface area contributed by atoms with Gasteiger partial charge in [0.15, 0.2) is 0 Å². The lowest BCUT2D eigenvalue weighted by Crippen LogP contribution is -1.86. The maximum atomic E-state index is 12.4. The van der Waals surface area contributed by atoms with Gasteiger partial charge in [0.2, 0.25) is 0 Å². The van der Waals surface area contributed by atoms with Crippen molar-refractivity contribution >= 4 is 15.9 Å². The summed E-state index contributed by atoms with van der Waals surface area (Å²) in [5.74, 6) is 0.487. The molecule has 0 aromatic heterocycles. The first-order valence-corrected chi connectivity index (χ1v) is 3.93. The molecule has 0 heterocycles. The number of rotatable bonds is 2. The first-order valence-electron chi connectivity index (χ1n) is 3.01. The average molecular weight is 217 g/mol. The molecule has 0 amide bonds. The normalized spacial score (nSPS) is 11.3. The van der Waals surface area contributed by atoms with Gasteiger partial charge >= 0.3 is 0 Å². The Morgan fingerprint density at radius 3 is 2.55 bits per heavy atom. The third-order valence-corrected chi connectivity index (χ3v) is 1.40. The molecule has 1 nitrogen and oxygen atoms in total. The van der Waals surface area contributed by atoms with Crippen LogP contribution in [0.15, 0.2) is 41.3 Å². The molecule has 0 aliphatic rings. The van der Waals surface area contributed by atoms with Crippen molar-refractivity contribution in [2.24, 2.45) is 0 Å². The summed E-state index contributed by atoms with van der Waals surface area (Å²) in [6, 6.07) is 8.08. The predicted octanol–water partition coefficient (Wildman–Crippen LogP) is 3.23. The summed E-state index contributed by atoms with van der Waals surface area (Å²) in [4.78, 5) is 1.08. The fraction of sp³-hybridized carbons (Fsp3) is 0. The largest absolute Gasteiger partial charge is 0.431 e. The third kappa shape index (κ3) is 2.72. The smallest absolute Gasteiger partial charge is 0.285 e. The van der Waals surface area contributed by atoms with Crippen molar-refractivity contribution in [1.29, 1.82) is 0 Å². The Kier molecular flexibility index (Phi) is 3.11. The van der Waals surface area contributed by atoms with E-state index < -0.39 is 6.01 Å². The van der Waals surface area contributed by atoms with E-state index >= 15 is 0 Å². The van der Waals surface area contributed by atoms with Crippen LogP contribution in [-0.4, -0.2) is 0 Å².